The number of hydrogen-bond acceptors (Lipinski definition) is 6. The molecular weight excluding hydrogens is 376 g/mol. The highest BCUT2D eigenvalue weighted by Crippen LogP contribution is 2.28. The second kappa shape index (κ2) is 12.4. The Morgan fingerprint density at radius 3 is 2.45 bits per heavy atom. The molecule has 0 aliphatic heterocycles. The normalized spacial score (nSPS) is 11.9. The van der Waals surface area contributed by atoms with Crippen LogP contribution >= 0.6 is 0 Å². The Bertz CT molecular complexity index is 730. The third-order valence-electron chi connectivity index (χ3n) is 3.90. The van der Waals surface area contributed by atoms with Crippen molar-refractivity contribution in [3.05, 3.63) is 29.8 Å². The highest BCUT2D eigenvalue weighted by atomic mass is 16.5. The second-order valence-corrected chi connectivity index (χ2v) is 7.05. The third kappa shape index (κ3) is 10.2. The first-order valence-electron chi connectivity index (χ1n) is 9.44. The van der Waals surface area contributed by atoms with Crippen LogP contribution in [0.4, 0.5) is 0 Å². The van der Waals surface area contributed by atoms with E-state index in [1.165, 1.54) is 19.3 Å². The summed E-state index contributed by atoms with van der Waals surface area (Å²) in [5.41, 5.74) is 5.70. The first-order chi connectivity index (χ1) is 13.7. The summed E-state index contributed by atoms with van der Waals surface area (Å²) >= 11 is 0. The predicted octanol–water partition coefficient (Wildman–Crippen LogP) is 2.06. The molecule has 0 saturated carbocycles. The molecule has 0 bridgehead atoms. The summed E-state index contributed by atoms with van der Waals surface area (Å²) in [5, 5.41) is 2.80. The number of carbonyl (C=O) groups is 3. The highest BCUT2D eigenvalue weighted by Gasteiger charge is 2.10. The second-order valence-electron chi connectivity index (χ2n) is 7.05. The van der Waals surface area contributed by atoms with Gasteiger partial charge in [-0.05, 0) is 49.5 Å². The van der Waals surface area contributed by atoms with Gasteiger partial charge in [0, 0.05) is 12.1 Å². The van der Waals surface area contributed by atoms with Gasteiger partial charge in [-0.25, -0.2) is 4.79 Å². The monoisotopic (exact) mass is 406 g/mol. The van der Waals surface area contributed by atoms with Gasteiger partial charge in [-0.2, -0.15) is 0 Å². The number of amides is 2. The number of nitrogens with two attached hydrogens (primary N) is 1. The zero-order valence-corrected chi connectivity index (χ0v) is 17.4. The van der Waals surface area contributed by atoms with Crippen molar-refractivity contribution < 1.29 is 28.6 Å². The van der Waals surface area contributed by atoms with Crippen LogP contribution in [-0.2, 0) is 19.1 Å². The molecule has 160 valence electrons. The fourth-order valence-electron chi connectivity index (χ4n) is 2.38. The molecule has 1 atom stereocenters. The van der Waals surface area contributed by atoms with Gasteiger partial charge in [-0.3, -0.25) is 9.59 Å². The summed E-state index contributed by atoms with van der Waals surface area (Å²) in [6.45, 7) is 5.57. The highest BCUT2D eigenvalue weighted by molar-refractivity contribution is 5.89. The number of methoxy groups -OCH3 is 1. The van der Waals surface area contributed by atoms with E-state index in [9.17, 15) is 14.4 Å². The zero-order valence-electron chi connectivity index (χ0n) is 17.4. The lowest BCUT2D eigenvalue weighted by Gasteiger charge is -2.14. The fourth-order valence-corrected chi connectivity index (χ4v) is 2.38. The van der Waals surface area contributed by atoms with Crippen molar-refractivity contribution in [3.8, 4) is 11.5 Å². The average molecular weight is 406 g/mol. The number of primary amides is 1. The summed E-state index contributed by atoms with van der Waals surface area (Å²) in [7, 11) is 1.45. The first kappa shape index (κ1) is 24.0. The summed E-state index contributed by atoms with van der Waals surface area (Å²) in [6, 6.07) is 4.93. The Balaban J connectivity index is 2.51. The van der Waals surface area contributed by atoms with Crippen LogP contribution in [0.25, 0.3) is 6.08 Å². The van der Waals surface area contributed by atoms with Crippen LogP contribution < -0.4 is 20.5 Å². The van der Waals surface area contributed by atoms with Crippen molar-refractivity contribution >= 4 is 23.9 Å². The van der Waals surface area contributed by atoms with E-state index >= 15 is 0 Å². The molecule has 0 radical (unpaired) electrons. The van der Waals surface area contributed by atoms with Crippen LogP contribution in [0.1, 0.15) is 39.2 Å². The van der Waals surface area contributed by atoms with E-state index in [0.717, 1.165) is 12.8 Å². The van der Waals surface area contributed by atoms with Crippen molar-refractivity contribution in [2.45, 2.75) is 39.7 Å². The largest absolute Gasteiger partial charge is 0.493 e. The summed E-state index contributed by atoms with van der Waals surface area (Å²) < 4.78 is 15.4. The minimum atomic E-state index is -0.636. The lowest BCUT2D eigenvalue weighted by Crippen LogP contribution is -2.35. The first-order valence-corrected chi connectivity index (χ1v) is 9.44. The van der Waals surface area contributed by atoms with Crippen molar-refractivity contribution in [1.82, 2.24) is 5.32 Å². The van der Waals surface area contributed by atoms with Gasteiger partial charge in [-0.15, -0.1) is 0 Å². The summed E-state index contributed by atoms with van der Waals surface area (Å²) in [5.74, 6) is -0.258. The summed E-state index contributed by atoms with van der Waals surface area (Å²) in [6.07, 6.45) is 4.62. The van der Waals surface area contributed by atoms with Gasteiger partial charge in [0.1, 0.15) is 0 Å². The van der Waals surface area contributed by atoms with Gasteiger partial charge in [0.25, 0.3) is 11.8 Å². The van der Waals surface area contributed by atoms with Crippen molar-refractivity contribution in [2.75, 3.05) is 20.3 Å². The van der Waals surface area contributed by atoms with Crippen LogP contribution in [0.15, 0.2) is 24.3 Å². The van der Waals surface area contributed by atoms with E-state index in [-0.39, 0.29) is 25.2 Å². The molecule has 8 heteroatoms. The maximum Gasteiger partial charge on any atom is 0.331 e. The zero-order chi connectivity index (χ0) is 21.8. The molecule has 1 unspecified atom stereocenters. The Morgan fingerprint density at radius 1 is 1.10 bits per heavy atom. The van der Waals surface area contributed by atoms with Gasteiger partial charge in [-0.1, -0.05) is 19.9 Å². The Morgan fingerprint density at radius 2 is 1.83 bits per heavy atom. The molecule has 0 spiro atoms. The van der Waals surface area contributed by atoms with Gasteiger partial charge in [0.15, 0.2) is 24.7 Å². The average Bonchev–Trinajstić information content (AvgIpc) is 2.67. The maximum atomic E-state index is 11.8. The SMILES string of the molecule is COc1cc(/C=C/C(=O)OCC(=O)NC(C)CCC(C)C)ccc1OCC(N)=O. The standard InChI is InChI=1S/C21H30N2O6/c1-14(2)5-6-15(3)23-20(25)13-29-21(26)10-8-16-7-9-17(18(11-16)27-4)28-12-19(22)24/h7-11,14-15H,5-6,12-13H2,1-4H3,(H2,22,24)(H,23,25)/b10-8+. The molecule has 2 amide bonds. The quantitative estimate of drug-likeness (QED) is 0.405. The fraction of sp³-hybridized carbons (Fsp3) is 0.476. The molecule has 1 rings (SSSR count). The third-order valence-corrected chi connectivity index (χ3v) is 3.90. The molecule has 0 fully saturated rings. The number of ether oxygens (including phenoxy) is 3. The van der Waals surface area contributed by atoms with E-state index < -0.39 is 11.9 Å². The van der Waals surface area contributed by atoms with Gasteiger partial charge in [0.05, 0.1) is 7.11 Å². The van der Waals surface area contributed by atoms with Gasteiger partial charge < -0.3 is 25.3 Å². The van der Waals surface area contributed by atoms with E-state index in [2.05, 4.69) is 19.2 Å². The molecule has 1 aromatic rings. The molecule has 0 saturated heterocycles. The summed E-state index contributed by atoms with van der Waals surface area (Å²) in [4.78, 5) is 34.5. The van der Waals surface area contributed by atoms with E-state index in [0.29, 0.717) is 23.0 Å². The molecular formula is C21H30N2O6. The molecule has 0 aliphatic carbocycles. The maximum absolute atomic E-state index is 11.8. The van der Waals surface area contributed by atoms with Crippen molar-refractivity contribution in [2.24, 2.45) is 11.7 Å². The number of rotatable bonds is 12. The minimum Gasteiger partial charge on any atom is -0.493 e. The molecule has 29 heavy (non-hydrogen) atoms. The molecule has 0 heterocycles. The van der Waals surface area contributed by atoms with E-state index in [1.807, 2.05) is 6.92 Å². The topological polar surface area (TPSA) is 117 Å². The number of hydrogen-bond donors (Lipinski definition) is 2. The van der Waals surface area contributed by atoms with Crippen LogP contribution in [0, 0.1) is 5.92 Å². The smallest absolute Gasteiger partial charge is 0.331 e. The molecule has 0 aromatic heterocycles. The van der Waals surface area contributed by atoms with Gasteiger partial charge >= 0.3 is 5.97 Å². The molecule has 3 N–H and O–H groups in total. The van der Waals surface area contributed by atoms with Crippen LogP contribution in [0.5, 0.6) is 11.5 Å². The van der Waals surface area contributed by atoms with E-state index in [1.54, 1.807) is 18.2 Å². The number of benzene rings is 1. The van der Waals surface area contributed by atoms with Crippen LogP contribution in [-0.4, -0.2) is 44.1 Å². The van der Waals surface area contributed by atoms with Crippen molar-refractivity contribution in [1.29, 1.82) is 0 Å². The number of nitrogens with one attached hydrogen (secondary N) is 1. The van der Waals surface area contributed by atoms with Crippen LogP contribution in [0.2, 0.25) is 0 Å². The van der Waals surface area contributed by atoms with Crippen LogP contribution in [0.3, 0.4) is 0 Å². The number of carbonyl (C=O) groups excluding carboxylic acids is 3. The lowest BCUT2D eigenvalue weighted by molar-refractivity contribution is -0.144. The Kier molecular flexibility index (Phi) is 10.3. The van der Waals surface area contributed by atoms with E-state index in [4.69, 9.17) is 19.9 Å². The molecule has 1 aromatic carbocycles. The number of esters is 1. The lowest BCUT2D eigenvalue weighted by atomic mass is 10.0. The Labute approximate surface area is 171 Å². The predicted molar refractivity (Wildman–Crippen MR) is 109 cm³/mol. The Hall–Kier alpha value is -3.03. The minimum absolute atomic E-state index is 0.0295. The molecule has 0 aliphatic rings. The van der Waals surface area contributed by atoms with Crippen molar-refractivity contribution in [3.63, 3.8) is 0 Å². The van der Waals surface area contributed by atoms with Gasteiger partial charge in [0.2, 0.25) is 0 Å². The molecule has 8 nitrogen and oxygen atoms in total.